The highest BCUT2D eigenvalue weighted by molar-refractivity contribution is 7.07. The van der Waals surface area contributed by atoms with Gasteiger partial charge in [-0.2, -0.15) is 0 Å². The van der Waals surface area contributed by atoms with Crippen molar-refractivity contribution in [1.29, 1.82) is 0 Å². The molecule has 76 valence electrons. The second kappa shape index (κ2) is 4.18. The third-order valence-corrected chi connectivity index (χ3v) is 2.41. The topological polar surface area (TPSA) is 54.9 Å². The molecule has 0 saturated carbocycles. The number of nitrogens with one attached hydrogen (secondary N) is 1. The van der Waals surface area contributed by atoms with E-state index in [1.54, 1.807) is 17.1 Å². The molecular weight excluding hydrogens is 210 g/mol. The van der Waals surface area contributed by atoms with Crippen LogP contribution in [0.1, 0.15) is 16.1 Å². The van der Waals surface area contributed by atoms with Crippen molar-refractivity contribution in [3.05, 3.63) is 40.5 Å². The Morgan fingerprint density at radius 1 is 1.47 bits per heavy atom. The van der Waals surface area contributed by atoms with Crippen molar-refractivity contribution in [2.45, 2.75) is 6.92 Å². The summed E-state index contributed by atoms with van der Waals surface area (Å²) in [5.41, 5.74) is 3.10. The van der Waals surface area contributed by atoms with Crippen LogP contribution in [-0.2, 0) is 0 Å². The van der Waals surface area contributed by atoms with E-state index < -0.39 is 0 Å². The van der Waals surface area contributed by atoms with E-state index in [1.165, 1.54) is 11.3 Å². The van der Waals surface area contributed by atoms with Crippen LogP contribution < -0.4 is 5.32 Å². The predicted molar refractivity (Wildman–Crippen MR) is 59.0 cm³/mol. The van der Waals surface area contributed by atoms with Gasteiger partial charge in [0.25, 0.3) is 5.91 Å². The minimum absolute atomic E-state index is 0.227. The molecule has 0 aliphatic carbocycles. The van der Waals surface area contributed by atoms with E-state index in [0.717, 1.165) is 5.56 Å². The molecule has 1 N–H and O–H groups in total. The van der Waals surface area contributed by atoms with Crippen molar-refractivity contribution in [1.82, 2.24) is 9.97 Å². The largest absolute Gasteiger partial charge is 0.305 e. The smallest absolute Gasteiger partial charge is 0.276 e. The summed E-state index contributed by atoms with van der Waals surface area (Å²) >= 11 is 1.39. The van der Waals surface area contributed by atoms with Crippen molar-refractivity contribution in [3.63, 3.8) is 0 Å². The highest BCUT2D eigenvalue weighted by atomic mass is 32.1. The van der Waals surface area contributed by atoms with Crippen LogP contribution in [0.3, 0.4) is 0 Å². The van der Waals surface area contributed by atoms with Crippen molar-refractivity contribution in [2.24, 2.45) is 0 Å². The van der Waals surface area contributed by atoms with Crippen LogP contribution in [-0.4, -0.2) is 15.9 Å². The minimum Gasteiger partial charge on any atom is -0.305 e. The first-order chi connectivity index (χ1) is 7.25. The standard InChI is InChI=1S/C10H9N3OS/c1-7-2-3-11-9(4-7)13-10(14)8-5-15-6-12-8/h2-6H,1H3,(H,11,13,14). The molecule has 1 amide bonds. The Labute approximate surface area is 91.0 Å². The molecule has 0 aliphatic rings. The third-order valence-electron chi connectivity index (χ3n) is 1.82. The Balaban J connectivity index is 2.13. The molecule has 2 rings (SSSR count). The lowest BCUT2D eigenvalue weighted by Gasteiger charge is -2.02. The lowest BCUT2D eigenvalue weighted by Crippen LogP contribution is -2.13. The van der Waals surface area contributed by atoms with Crippen LogP contribution >= 0.6 is 11.3 Å². The molecule has 2 heterocycles. The van der Waals surface area contributed by atoms with E-state index >= 15 is 0 Å². The zero-order valence-electron chi connectivity index (χ0n) is 8.10. The summed E-state index contributed by atoms with van der Waals surface area (Å²) < 4.78 is 0. The van der Waals surface area contributed by atoms with Gasteiger partial charge in [-0.3, -0.25) is 4.79 Å². The average Bonchev–Trinajstić information content (AvgIpc) is 2.70. The van der Waals surface area contributed by atoms with E-state index in [9.17, 15) is 4.79 Å². The second-order valence-corrected chi connectivity index (χ2v) is 3.76. The lowest BCUT2D eigenvalue weighted by atomic mass is 10.3. The Morgan fingerprint density at radius 2 is 2.33 bits per heavy atom. The molecule has 0 fully saturated rings. The molecule has 0 atom stereocenters. The molecule has 4 nitrogen and oxygen atoms in total. The zero-order valence-corrected chi connectivity index (χ0v) is 8.91. The van der Waals surface area contributed by atoms with E-state index in [4.69, 9.17) is 0 Å². The first-order valence-corrected chi connectivity index (χ1v) is 5.32. The number of amides is 1. The molecule has 2 aromatic heterocycles. The van der Waals surface area contributed by atoms with Crippen LogP contribution in [0, 0.1) is 6.92 Å². The van der Waals surface area contributed by atoms with E-state index in [0.29, 0.717) is 11.5 Å². The van der Waals surface area contributed by atoms with Crippen LogP contribution in [0.5, 0.6) is 0 Å². The van der Waals surface area contributed by atoms with Gasteiger partial charge >= 0.3 is 0 Å². The Hall–Kier alpha value is -1.75. The fourth-order valence-corrected chi connectivity index (χ4v) is 1.64. The van der Waals surface area contributed by atoms with Gasteiger partial charge in [0.05, 0.1) is 5.51 Å². The molecule has 2 aromatic rings. The van der Waals surface area contributed by atoms with E-state index in [1.807, 2.05) is 19.1 Å². The number of nitrogens with zero attached hydrogens (tertiary/aromatic N) is 2. The fraction of sp³-hybridized carbons (Fsp3) is 0.100. The summed E-state index contributed by atoms with van der Waals surface area (Å²) in [6.45, 7) is 1.94. The maximum Gasteiger partial charge on any atom is 0.276 e. The number of aromatic nitrogens is 2. The minimum atomic E-state index is -0.227. The first-order valence-electron chi connectivity index (χ1n) is 4.38. The maximum absolute atomic E-state index is 11.6. The number of anilines is 1. The van der Waals surface area contributed by atoms with Gasteiger partial charge in [-0.1, -0.05) is 0 Å². The van der Waals surface area contributed by atoms with Gasteiger partial charge in [-0.15, -0.1) is 11.3 Å². The number of carbonyl (C=O) groups excluding carboxylic acids is 1. The van der Waals surface area contributed by atoms with Gasteiger partial charge in [0.15, 0.2) is 0 Å². The molecule has 0 spiro atoms. The summed E-state index contributed by atoms with van der Waals surface area (Å²) in [5, 5.41) is 4.38. The Kier molecular flexibility index (Phi) is 2.73. The van der Waals surface area contributed by atoms with Crippen LogP contribution in [0.4, 0.5) is 5.82 Å². The fourth-order valence-electron chi connectivity index (χ4n) is 1.11. The summed E-state index contributed by atoms with van der Waals surface area (Å²) in [5.74, 6) is 0.322. The zero-order chi connectivity index (χ0) is 10.7. The van der Waals surface area contributed by atoms with E-state index in [2.05, 4.69) is 15.3 Å². The molecule has 0 unspecified atom stereocenters. The van der Waals surface area contributed by atoms with Crippen molar-refractivity contribution >= 4 is 23.1 Å². The van der Waals surface area contributed by atoms with Crippen LogP contribution in [0.15, 0.2) is 29.2 Å². The SMILES string of the molecule is Cc1ccnc(NC(=O)c2cscn2)c1. The molecule has 5 heteroatoms. The molecule has 0 aliphatic heterocycles. The maximum atomic E-state index is 11.6. The van der Waals surface area contributed by atoms with Crippen LogP contribution in [0.25, 0.3) is 0 Å². The Bertz CT molecular complexity index is 467. The quantitative estimate of drug-likeness (QED) is 0.841. The molecule has 0 saturated heterocycles. The number of aryl methyl sites for hydroxylation is 1. The van der Waals surface area contributed by atoms with Gasteiger partial charge in [0.1, 0.15) is 11.5 Å². The van der Waals surface area contributed by atoms with Gasteiger partial charge in [-0.05, 0) is 24.6 Å². The summed E-state index contributed by atoms with van der Waals surface area (Å²) in [6.07, 6.45) is 1.66. The van der Waals surface area contributed by atoms with Gasteiger partial charge in [0, 0.05) is 11.6 Å². The van der Waals surface area contributed by atoms with E-state index in [-0.39, 0.29) is 5.91 Å². The average molecular weight is 219 g/mol. The van der Waals surface area contributed by atoms with Gasteiger partial charge in [-0.25, -0.2) is 9.97 Å². The molecule has 0 aromatic carbocycles. The molecular formula is C10H9N3OS. The molecule has 15 heavy (non-hydrogen) atoms. The number of hydrogen-bond donors (Lipinski definition) is 1. The molecule has 0 bridgehead atoms. The van der Waals surface area contributed by atoms with Crippen molar-refractivity contribution < 1.29 is 4.79 Å². The highest BCUT2D eigenvalue weighted by Gasteiger charge is 2.07. The van der Waals surface area contributed by atoms with Crippen LogP contribution in [0.2, 0.25) is 0 Å². The van der Waals surface area contributed by atoms with Crippen molar-refractivity contribution in [3.8, 4) is 0 Å². The number of thiazole rings is 1. The molecule has 0 radical (unpaired) electrons. The monoisotopic (exact) mass is 219 g/mol. The number of hydrogen-bond acceptors (Lipinski definition) is 4. The second-order valence-electron chi connectivity index (χ2n) is 3.05. The highest BCUT2D eigenvalue weighted by Crippen LogP contribution is 2.08. The predicted octanol–water partition coefficient (Wildman–Crippen LogP) is 2.10. The number of rotatable bonds is 2. The number of carbonyl (C=O) groups is 1. The van der Waals surface area contributed by atoms with Crippen molar-refractivity contribution in [2.75, 3.05) is 5.32 Å². The Morgan fingerprint density at radius 3 is 3.00 bits per heavy atom. The summed E-state index contributed by atoms with van der Waals surface area (Å²) in [7, 11) is 0. The van der Waals surface area contributed by atoms with Gasteiger partial charge < -0.3 is 5.32 Å². The third kappa shape index (κ3) is 2.38. The number of pyridine rings is 1. The van der Waals surface area contributed by atoms with Gasteiger partial charge in [0.2, 0.25) is 0 Å². The lowest BCUT2D eigenvalue weighted by molar-refractivity contribution is 0.102. The summed E-state index contributed by atoms with van der Waals surface area (Å²) in [4.78, 5) is 19.5. The summed E-state index contributed by atoms with van der Waals surface area (Å²) in [6, 6.07) is 3.68. The normalized spacial score (nSPS) is 9.93. The first kappa shape index (κ1) is 9.79.